The maximum absolute atomic E-state index is 13.5. The van der Waals surface area contributed by atoms with Crippen LogP contribution in [0.1, 0.15) is 34.5 Å². The van der Waals surface area contributed by atoms with E-state index in [1.54, 1.807) is 33.6 Å². The minimum Gasteiger partial charge on any atom is -0.370 e. The Hall–Kier alpha value is -3.48. The zero-order valence-corrected chi connectivity index (χ0v) is 19.0. The third-order valence-electron chi connectivity index (χ3n) is 7.21. The second-order valence-corrected chi connectivity index (χ2v) is 9.05. The fourth-order valence-electron chi connectivity index (χ4n) is 5.27. The van der Waals surface area contributed by atoms with Gasteiger partial charge in [-0.3, -0.25) is 9.59 Å². The number of anilines is 1. The third-order valence-corrected chi connectivity index (χ3v) is 7.21. The SMILES string of the molecule is CNC(=O)C1CN(c2ccc(C#N)c(C(F)(F)F)c2)CC12CCN(C(=O)c1cccn1C)CC2. The van der Waals surface area contributed by atoms with Crippen LogP contribution in [0.5, 0.6) is 0 Å². The molecule has 1 aromatic heterocycles. The van der Waals surface area contributed by atoms with Crippen LogP contribution < -0.4 is 10.2 Å². The van der Waals surface area contributed by atoms with Crippen molar-refractivity contribution in [3.8, 4) is 6.07 Å². The summed E-state index contributed by atoms with van der Waals surface area (Å²) in [6.07, 6.45) is -1.70. The number of halogens is 3. The molecule has 1 unspecified atom stereocenters. The molecular formula is C24H26F3N5O2. The Morgan fingerprint density at radius 3 is 2.47 bits per heavy atom. The first-order valence-electron chi connectivity index (χ1n) is 11.1. The molecule has 2 saturated heterocycles. The van der Waals surface area contributed by atoms with Crippen molar-refractivity contribution < 1.29 is 22.8 Å². The molecule has 180 valence electrons. The number of nitrogens with one attached hydrogen (secondary N) is 1. The van der Waals surface area contributed by atoms with E-state index in [-0.39, 0.29) is 18.4 Å². The predicted octanol–water partition coefficient (Wildman–Crippen LogP) is 3.02. The van der Waals surface area contributed by atoms with E-state index in [1.165, 1.54) is 12.1 Å². The number of nitriles is 1. The molecule has 3 heterocycles. The van der Waals surface area contributed by atoms with Crippen LogP contribution in [-0.2, 0) is 18.0 Å². The Kier molecular flexibility index (Phi) is 6.06. The van der Waals surface area contributed by atoms with Crippen LogP contribution in [0.25, 0.3) is 0 Å². The highest BCUT2D eigenvalue weighted by Crippen LogP contribution is 2.47. The molecule has 2 aromatic rings. The summed E-state index contributed by atoms with van der Waals surface area (Å²) in [4.78, 5) is 29.3. The van der Waals surface area contributed by atoms with E-state index in [0.29, 0.717) is 43.9 Å². The van der Waals surface area contributed by atoms with Crippen molar-refractivity contribution in [2.75, 3.05) is 38.1 Å². The molecule has 1 aromatic carbocycles. The molecule has 1 N–H and O–H groups in total. The average molecular weight is 473 g/mol. The summed E-state index contributed by atoms with van der Waals surface area (Å²) >= 11 is 0. The molecule has 2 fully saturated rings. The first-order chi connectivity index (χ1) is 16.1. The molecule has 0 radical (unpaired) electrons. The Labute approximate surface area is 195 Å². The zero-order valence-electron chi connectivity index (χ0n) is 19.0. The molecule has 0 saturated carbocycles. The van der Waals surface area contributed by atoms with Gasteiger partial charge in [-0.2, -0.15) is 18.4 Å². The topological polar surface area (TPSA) is 81.4 Å². The number of nitrogens with zero attached hydrogens (tertiary/aromatic N) is 4. The summed E-state index contributed by atoms with van der Waals surface area (Å²) < 4.78 is 42.3. The molecule has 2 aliphatic heterocycles. The highest BCUT2D eigenvalue weighted by atomic mass is 19.4. The van der Waals surface area contributed by atoms with Crippen LogP contribution in [0.2, 0.25) is 0 Å². The molecule has 1 atom stereocenters. The summed E-state index contributed by atoms with van der Waals surface area (Å²) in [5, 5.41) is 11.8. The minimum atomic E-state index is -4.65. The van der Waals surface area contributed by atoms with Crippen LogP contribution >= 0.6 is 0 Å². The third kappa shape index (κ3) is 4.11. The predicted molar refractivity (Wildman–Crippen MR) is 119 cm³/mol. The summed E-state index contributed by atoms with van der Waals surface area (Å²) in [7, 11) is 3.36. The Morgan fingerprint density at radius 2 is 1.91 bits per heavy atom. The second-order valence-electron chi connectivity index (χ2n) is 9.05. The van der Waals surface area contributed by atoms with E-state index in [2.05, 4.69) is 5.32 Å². The molecule has 7 nitrogen and oxygen atoms in total. The number of aryl methyl sites for hydroxylation is 1. The van der Waals surface area contributed by atoms with E-state index >= 15 is 0 Å². The van der Waals surface area contributed by atoms with Crippen LogP contribution in [0.3, 0.4) is 0 Å². The Morgan fingerprint density at radius 1 is 1.21 bits per heavy atom. The van der Waals surface area contributed by atoms with E-state index in [4.69, 9.17) is 5.26 Å². The average Bonchev–Trinajstić information content (AvgIpc) is 3.41. The van der Waals surface area contributed by atoms with Crippen molar-refractivity contribution in [1.29, 1.82) is 5.26 Å². The van der Waals surface area contributed by atoms with Crippen molar-refractivity contribution in [2.45, 2.75) is 19.0 Å². The van der Waals surface area contributed by atoms with Crippen molar-refractivity contribution in [3.63, 3.8) is 0 Å². The first kappa shape index (κ1) is 23.7. The largest absolute Gasteiger partial charge is 0.417 e. The number of piperidine rings is 1. The second kappa shape index (κ2) is 8.70. The number of benzene rings is 1. The smallest absolute Gasteiger partial charge is 0.370 e. The molecular weight excluding hydrogens is 447 g/mol. The van der Waals surface area contributed by atoms with Crippen LogP contribution in [-0.4, -0.2) is 54.5 Å². The lowest BCUT2D eigenvalue weighted by molar-refractivity contribution is -0.137. The van der Waals surface area contributed by atoms with Gasteiger partial charge in [0.15, 0.2) is 0 Å². The first-order valence-corrected chi connectivity index (χ1v) is 11.1. The molecule has 10 heteroatoms. The van der Waals surface area contributed by atoms with E-state index in [9.17, 15) is 22.8 Å². The van der Waals surface area contributed by atoms with Crippen molar-refractivity contribution in [3.05, 3.63) is 53.3 Å². The number of amides is 2. The number of aromatic nitrogens is 1. The van der Waals surface area contributed by atoms with Crippen molar-refractivity contribution in [2.24, 2.45) is 18.4 Å². The number of hydrogen-bond donors (Lipinski definition) is 1. The summed E-state index contributed by atoms with van der Waals surface area (Å²) in [5.41, 5.74) is -0.950. The van der Waals surface area contributed by atoms with E-state index in [1.807, 2.05) is 19.3 Å². The number of hydrogen-bond acceptors (Lipinski definition) is 4. The normalized spacial score (nSPS) is 19.8. The van der Waals surface area contributed by atoms with Gasteiger partial charge in [0.25, 0.3) is 5.91 Å². The lowest BCUT2D eigenvalue weighted by Gasteiger charge is -2.42. The summed E-state index contributed by atoms with van der Waals surface area (Å²) in [6.45, 7) is 1.61. The number of carbonyl (C=O) groups is 2. The van der Waals surface area contributed by atoms with Crippen LogP contribution in [0.4, 0.5) is 18.9 Å². The molecule has 2 aliphatic rings. The van der Waals surface area contributed by atoms with Gasteiger partial charge in [0.05, 0.1) is 23.1 Å². The number of carbonyl (C=O) groups excluding carboxylic acids is 2. The summed E-state index contributed by atoms with van der Waals surface area (Å²) in [6, 6.07) is 8.85. The monoisotopic (exact) mass is 473 g/mol. The summed E-state index contributed by atoms with van der Waals surface area (Å²) in [5.74, 6) is -0.653. The van der Waals surface area contributed by atoms with Gasteiger partial charge in [-0.05, 0) is 43.2 Å². The highest BCUT2D eigenvalue weighted by Gasteiger charge is 2.51. The molecule has 4 rings (SSSR count). The van der Waals surface area contributed by atoms with Gasteiger partial charge in [0.2, 0.25) is 5.91 Å². The fourth-order valence-corrected chi connectivity index (χ4v) is 5.27. The minimum absolute atomic E-state index is 0.0735. The molecule has 34 heavy (non-hydrogen) atoms. The van der Waals surface area contributed by atoms with Crippen molar-refractivity contribution >= 4 is 17.5 Å². The van der Waals surface area contributed by atoms with E-state index < -0.39 is 28.6 Å². The number of alkyl halides is 3. The number of likely N-dealkylation sites (tertiary alicyclic amines) is 1. The fraction of sp³-hybridized carbons (Fsp3) is 0.458. The van der Waals surface area contributed by atoms with Gasteiger partial charge >= 0.3 is 6.18 Å². The lowest BCUT2D eigenvalue weighted by atomic mass is 9.70. The standard InChI is InChI=1S/C24H26F3N5O2/c1-29-21(33)19-14-32(17-6-5-16(13-28)18(12-17)24(25,26)27)15-23(19)7-10-31(11-8-23)22(34)20-4-3-9-30(20)2/h3-6,9,12,19H,7-8,10-11,14-15H2,1-2H3,(H,29,33). The Bertz CT molecular complexity index is 1140. The highest BCUT2D eigenvalue weighted by molar-refractivity contribution is 5.93. The maximum Gasteiger partial charge on any atom is 0.417 e. The van der Waals surface area contributed by atoms with Crippen molar-refractivity contribution in [1.82, 2.24) is 14.8 Å². The van der Waals surface area contributed by atoms with Gasteiger partial charge in [0, 0.05) is 57.6 Å². The Balaban J connectivity index is 1.58. The van der Waals surface area contributed by atoms with E-state index in [0.717, 1.165) is 6.07 Å². The van der Waals surface area contributed by atoms with Gasteiger partial charge < -0.3 is 19.7 Å². The lowest BCUT2D eigenvalue weighted by Crippen LogP contribution is -2.49. The van der Waals surface area contributed by atoms with Crippen LogP contribution in [0, 0.1) is 22.7 Å². The number of rotatable bonds is 3. The van der Waals surface area contributed by atoms with Gasteiger partial charge in [-0.1, -0.05) is 0 Å². The molecule has 1 spiro atoms. The zero-order chi connectivity index (χ0) is 24.7. The maximum atomic E-state index is 13.5. The van der Waals surface area contributed by atoms with Gasteiger partial charge in [-0.15, -0.1) is 0 Å². The molecule has 2 amide bonds. The molecule has 0 bridgehead atoms. The van der Waals surface area contributed by atoms with Gasteiger partial charge in [-0.25, -0.2) is 0 Å². The molecule has 0 aliphatic carbocycles. The van der Waals surface area contributed by atoms with Gasteiger partial charge in [0.1, 0.15) is 5.69 Å². The quantitative estimate of drug-likeness (QED) is 0.743. The van der Waals surface area contributed by atoms with Crippen LogP contribution in [0.15, 0.2) is 36.5 Å².